The number of nitriles is 1. The van der Waals surface area contributed by atoms with E-state index in [0.29, 0.717) is 6.42 Å². The fourth-order valence-corrected chi connectivity index (χ4v) is 4.42. The second-order valence-corrected chi connectivity index (χ2v) is 7.76. The maximum absolute atomic E-state index is 11.5. The Labute approximate surface area is 171 Å². The lowest BCUT2D eigenvalue weighted by Gasteiger charge is -2.39. The minimum absolute atomic E-state index is 0.0458. The van der Waals surface area contributed by atoms with Gasteiger partial charge in [0.2, 0.25) is 6.79 Å². The first-order valence-electron chi connectivity index (χ1n) is 10.1. The molecule has 5 heteroatoms. The molecule has 1 fully saturated rings. The summed E-state index contributed by atoms with van der Waals surface area (Å²) in [5.74, 6) is 1.47. The Bertz CT molecular complexity index is 921. The van der Waals surface area contributed by atoms with Crippen LogP contribution in [0, 0.1) is 11.3 Å². The fraction of sp³-hybridized carbons (Fsp3) is 0.375. The minimum Gasteiger partial charge on any atom is -0.454 e. The third-order valence-electron chi connectivity index (χ3n) is 6.03. The molecule has 1 N–H and O–H groups in total. The predicted octanol–water partition coefficient (Wildman–Crippen LogP) is 4.30. The molecule has 0 radical (unpaired) electrons. The van der Waals surface area contributed by atoms with Gasteiger partial charge in [-0.25, -0.2) is 0 Å². The Morgan fingerprint density at radius 2 is 2.03 bits per heavy atom. The normalized spacial score (nSPS) is 24.1. The lowest BCUT2D eigenvalue weighted by atomic mass is 9.92. The van der Waals surface area contributed by atoms with Gasteiger partial charge < -0.3 is 14.6 Å². The average Bonchev–Trinajstić information content (AvgIpc) is 3.37. The Balaban J connectivity index is 1.58. The molecule has 0 spiro atoms. The summed E-state index contributed by atoms with van der Waals surface area (Å²) in [6.07, 6.45) is 6.31. The van der Waals surface area contributed by atoms with E-state index < -0.39 is 5.60 Å². The summed E-state index contributed by atoms with van der Waals surface area (Å²) in [5, 5.41) is 20.9. The Kier molecular flexibility index (Phi) is 5.57. The highest BCUT2D eigenvalue weighted by Gasteiger charge is 2.44. The summed E-state index contributed by atoms with van der Waals surface area (Å²) in [4.78, 5) is 2.13. The van der Waals surface area contributed by atoms with E-state index in [1.165, 1.54) is 0 Å². The molecular formula is C24H26N2O3. The number of aliphatic hydroxyl groups is 1. The molecule has 0 saturated heterocycles. The summed E-state index contributed by atoms with van der Waals surface area (Å²) >= 11 is 0. The standard InChI is InChI=1S/C24H26N2O3/c1-18(20-6-3-2-4-7-20)26(15-14-25)23-8-5-12-24(23,27)13-11-19-9-10-21-22(16-19)29-17-28-21/h2-4,6-7,9-11,13,16,18,23,27H,5,8,12,15,17H2,1H3/b13-11+. The number of rotatable bonds is 6. The van der Waals surface area contributed by atoms with Gasteiger partial charge in [0.1, 0.15) is 0 Å². The van der Waals surface area contributed by atoms with Gasteiger partial charge in [-0.2, -0.15) is 5.26 Å². The summed E-state index contributed by atoms with van der Waals surface area (Å²) in [6.45, 7) is 2.63. The van der Waals surface area contributed by atoms with Gasteiger partial charge in [-0.05, 0) is 49.4 Å². The SMILES string of the molecule is CC(c1ccccc1)N(CC#N)C1CCCC1(O)/C=C/c1ccc2c(c1)OCO2. The molecule has 4 rings (SSSR count). The van der Waals surface area contributed by atoms with Crippen molar-refractivity contribution < 1.29 is 14.6 Å². The van der Waals surface area contributed by atoms with Gasteiger partial charge >= 0.3 is 0 Å². The van der Waals surface area contributed by atoms with Crippen molar-refractivity contribution in [1.82, 2.24) is 4.90 Å². The number of hydrogen-bond donors (Lipinski definition) is 1. The van der Waals surface area contributed by atoms with Gasteiger partial charge in [-0.15, -0.1) is 0 Å². The lowest BCUT2D eigenvalue weighted by molar-refractivity contribution is 0.000751. The highest BCUT2D eigenvalue weighted by molar-refractivity contribution is 5.57. The van der Waals surface area contributed by atoms with Crippen LogP contribution in [0.25, 0.3) is 6.08 Å². The third-order valence-corrected chi connectivity index (χ3v) is 6.03. The number of benzene rings is 2. The van der Waals surface area contributed by atoms with Crippen molar-refractivity contribution in [3.8, 4) is 17.6 Å². The first-order valence-corrected chi connectivity index (χ1v) is 10.1. The molecule has 150 valence electrons. The largest absolute Gasteiger partial charge is 0.454 e. The van der Waals surface area contributed by atoms with E-state index in [9.17, 15) is 10.4 Å². The zero-order chi connectivity index (χ0) is 20.3. The van der Waals surface area contributed by atoms with Crippen LogP contribution in [0.4, 0.5) is 0 Å². The molecule has 1 saturated carbocycles. The van der Waals surface area contributed by atoms with Gasteiger partial charge in [0.25, 0.3) is 0 Å². The highest BCUT2D eigenvalue weighted by atomic mass is 16.7. The number of fused-ring (bicyclic) bond motifs is 1. The monoisotopic (exact) mass is 390 g/mol. The van der Waals surface area contributed by atoms with Crippen LogP contribution < -0.4 is 9.47 Å². The van der Waals surface area contributed by atoms with E-state index in [1.807, 2.05) is 48.6 Å². The highest BCUT2D eigenvalue weighted by Crippen LogP contribution is 2.39. The van der Waals surface area contributed by atoms with Crippen molar-refractivity contribution in [2.75, 3.05) is 13.3 Å². The quantitative estimate of drug-likeness (QED) is 0.745. The van der Waals surface area contributed by atoms with Crippen LogP contribution in [-0.2, 0) is 0 Å². The third kappa shape index (κ3) is 4.00. The van der Waals surface area contributed by atoms with Crippen LogP contribution in [0.1, 0.15) is 43.4 Å². The van der Waals surface area contributed by atoms with Crippen molar-refractivity contribution in [3.63, 3.8) is 0 Å². The Morgan fingerprint density at radius 3 is 2.83 bits per heavy atom. The molecule has 3 unspecified atom stereocenters. The van der Waals surface area contributed by atoms with Crippen molar-refractivity contribution in [2.24, 2.45) is 0 Å². The molecule has 3 atom stereocenters. The van der Waals surface area contributed by atoms with Crippen molar-refractivity contribution >= 4 is 6.08 Å². The second kappa shape index (κ2) is 8.28. The number of ether oxygens (including phenoxy) is 2. The van der Waals surface area contributed by atoms with Crippen LogP contribution in [0.5, 0.6) is 11.5 Å². The van der Waals surface area contributed by atoms with Gasteiger partial charge in [-0.1, -0.05) is 48.6 Å². The summed E-state index contributed by atoms with van der Waals surface area (Å²) < 4.78 is 10.8. The molecule has 2 aromatic carbocycles. The van der Waals surface area contributed by atoms with Crippen molar-refractivity contribution in [1.29, 1.82) is 5.26 Å². The molecule has 2 aromatic rings. The lowest BCUT2D eigenvalue weighted by Crippen LogP contribution is -2.49. The predicted molar refractivity (Wildman–Crippen MR) is 111 cm³/mol. The van der Waals surface area contributed by atoms with E-state index >= 15 is 0 Å². The molecule has 2 aliphatic rings. The topological polar surface area (TPSA) is 65.7 Å². The Morgan fingerprint density at radius 1 is 1.24 bits per heavy atom. The van der Waals surface area contributed by atoms with Crippen LogP contribution in [-0.4, -0.2) is 35.0 Å². The zero-order valence-electron chi connectivity index (χ0n) is 16.6. The molecule has 29 heavy (non-hydrogen) atoms. The molecule has 0 aromatic heterocycles. The molecule has 5 nitrogen and oxygen atoms in total. The van der Waals surface area contributed by atoms with Crippen LogP contribution >= 0.6 is 0 Å². The average molecular weight is 390 g/mol. The molecule has 1 heterocycles. The van der Waals surface area contributed by atoms with E-state index in [-0.39, 0.29) is 25.4 Å². The molecule has 1 aliphatic carbocycles. The first-order chi connectivity index (χ1) is 14.1. The van der Waals surface area contributed by atoms with Crippen molar-refractivity contribution in [3.05, 3.63) is 65.7 Å². The van der Waals surface area contributed by atoms with E-state index in [0.717, 1.165) is 35.5 Å². The molecule has 1 aliphatic heterocycles. The molecular weight excluding hydrogens is 364 g/mol. The smallest absolute Gasteiger partial charge is 0.231 e. The van der Waals surface area contributed by atoms with E-state index in [4.69, 9.17) is 9.47 Å². The molecule has 0 amide bonds. The summed E-state index contributed by atoms with van der Waals surface area (Å²) in [5.41, 5.74) is 1.13. The van der Waals surface area contributed by atoms with E-state index in [2.05, 4.69) is 30.0 Å². The number of hydrogen-bond acceptors (Lipinski definition) is 5. The number of nitrogens with zero attached hydrogens (tertiary/aromatic N) is 2. The molecule has 0 bridgehead atoms. The maximum Gasteiger partial charge on any atom is 0.231 e. The first kappa shape index (κ1) is 19.5. The summed E-state index contributed by atoms with van der Waals surface area (Å²) in [6, 6.07) is 18.2. The van der Waals surface area contributed by atoms with Gasteiger partial charge in [0, 0.05) is 12.1 Å². The van der Waals surface area contributed by atoms with Crippen LogP contribution in [0.15, 0.2) is 54.6 Å². The van der Waals surface area contributed by atoms with Gasteiger partial charge in [0.15, 0.2) is 11.5 Å². The fourth-order valence-electron chi connectivity index (χ4n) is 4.42. The van der Waals surface area contributed by atoms with E-state index in [1.54, 1.807) is 0 Å². The maximum atomic E-state index is 11.5. The minimum atomic E-state index is -0.976. The summed E-state index contributed by atoms with van der Waals surface area (Å²) in [7, 11) is 0. The van der Waals surface area contributed by atoms with Crippen molar-refractivity contribution in [2.45, 2.75) is 43.9 Å². The van der Waals surface area contributed by atoms with Gasteiger partial charge in [0.05, 0.1) is 18.2 Å². The second-order valence-electron chi connectivity index (χ2n) is 7.76. The zero-order valence-corrected chi connectivity index (χ0v) is 16.6. The Hall–Kier alpha value is -2.81. The van der Waals surface area contributed by atoms with Gasteiger partial charge in [-0.3, -0.25) is 4.90 Å². The van der Waals surface area contributed by atoms with Crippen LogP contribution in [0.2, 0.25) is 0 Å². The van der Waals surface area contributed by atoms with Crippen LogP contribution in [0.3, 0.4) is 0 Å².